The van der Waals surface area contributed by atoms with E-state index in [2.05, 4.69) is 10.6 Å². The van der Waals surface area contributed by atoms with Crippen LogP contribution in [0.15, 0.2) is 24.3 Å². The Balaban J connectivity index is 1.54. The summed E-state index contributed by atoms with van der Waals surface area (Å²) >= 11 is 1.31. The van der Waals surface area contributed by atoms with Crippen molar-refractivity contribution < 1.29 is 22.4 Å². The van der Waals surface area contributed by atoms with Crippen LogP contribution < -0.4 is 10.6 Å². The molecular weight excluding hydrogens is 367 g/mol. The molecule has 9 heteroatoms. The zero-order valence-corrected chi connectivity index (χ0v) is 15.0. The lowest BCUT2D eigenvalue weighted by Gasteiger charge is -2.29. The van der Waals surface area contributed by atoms with Crippen LogP contribution in [0.25, 0.3) is 0 Å². The second-order valence-corrected chi connectivity index (χ2v) is 9.75. The van der Waals surface area contributed by atoms with E-state index in [4.69, 9.17) is 0 Å². The summed E-state index contributed by atoms with van der Waals surface area (Å²) in [4.78, 5) is 24.5. The van der Waals surface area contributed by atoms with E-state index in [1.54, 1.807) is 18.2 Å². The number of nitrogens with one attached hydrogen (secondary N) is 2. The highest BCUT2D eigenvalue weighted by molar-refractivity contribution is 8.00. The van der Waals surface area contributed by atoms with Gasteiger partial charge in [-0.25, -0.2) is 12.8 Å². The Morgan fingerprint density at radius 2 is 2.12 bits per heavy atom. The predicted octanol–water partition coefficient (Wildman–Crippen LogP) is 0.272. The standard InChI is InChI=1S/C16H19FN2O4S2/c17-12-4-2-1-3-10(12)7-14-16(21)19-13(8-24-14)15(20)18-11-5-6-25(22,23)9-11/h1-4,11,13-14H,5-9H2,(H,18,20)(H,19,21)/t11-,13+,14+/m1/s1. The van der Waals surface area contributed by atoms with Crippen LogP contribution in [0.3, 0.4) is 0 Å². The first-order valence-corrected chi connectivity index (χ1v) is 10.9. The molecule has 2 saturated heterocycles. The number of thioether (sulfide) groups is 1. The van der Waals surface area contributed by atoms with Crippen molar-refractivity contribution in [3.8, 4) is 0 Å². The van der Waals surface area contributed by atoms with Crippen LogP contribution >= 0.6 is 11.8 Å². The number of carbonyl (C=O) groups excluding carboxylic acids is 2. The summed E-state index contributed by atoms with van der Waals surface area (Å²) in [5.41, 5.74) is 0.467. The van der Waals surface area contributed by atoms with Crippen molar-refractivity contribution in [1.29, 1.82) is 0 Å². The van der Waals surface area contributed by atoms with Gasteiger partial charge in [0.1, 0.15) is 11.9 Å². The van der Waals surface area contributed by atoms with E-state index in [1.165, 1.54) is 17.8 Å². The molecule has 2 aliphatic rings. The van der Waals surface area contributed by atoms with Crippen molar-refractivity contribution in [2.75, 3.05) is 17.3 Å². The van der Waals surface area contributed by atoms with Crippen molar-refractivity contribution in [3.05, 3.63) is 35.6 Å². The van der Waals surface area contributed by atoms with Crippen molar-refractivity contribution in [3.63, 3.8) is 0 Å². The number of rotatable bonds is 4. The van der Waals surface area contributed by atoms with Crippen LogP contribution in [0.1, 0.15) is 12.0 Å². The largest absolute Gasteiger partial charge is 0.351 e. The number of amides is 2. The molecule has 0 bridgehead atoms. The fraction of sp³-hybridized carbons (Fsp3) is 0.500. The van der Waals surface area contributed by atoms with Crippen molar-refractivity contribution in [2.24, 2.45) is 0 Å². The fourth-order valence-corrected chi connectivity index (χ4v) is 5.81. The van der Waals surface area contributed by atoms with E-state index in [0.29, 0.717) is 17.7 Å². The Labute approximate surface area is 149 Å². The number of hydrogen-bond acceptors (Lipinski definition) is 5. The molecule has 0 unspecified atom stereocenters. The lowest BCUT2D eigenvalue weighted by atomic mass is 10.1. The highest BCUT2D eigenvalue weighted by Crippen LogP contribution is 2.23. The number of hydrogen-bond donors (Lipinski definition) is 2. The Bertz CT molecular complexity index is 784. The second-order valence-electron chi connectivity index (χ2n) is 6.29. The third-order valence-electron chi connectivity index (χ3n) is 4.33. The SMILES string of the molecule is O=C(N[C@@H]1CCS(=O)(=O)C1)[C@@H]1CS[C@@H](Cc2ccccc2F)C(=O)N1. The minimum absolute atomic E-state index is 0.0531. The smallest absolute Gasteiger partial charge is 0.243 e. The maximum atomic E-state index is 13.7. The summed E-state index contributed by atoms with van der Waals surface area (Å²) in [6, 6.07) is 5.22. The first-order chi connectivity index (χ1) is 11.8. The molecule has 25 heavy (non-hydrogen) atoms. The molecule has 2 fully saturated rings. The van der Waals surface area contributed by atoms with Gasteiger partial charge in [0.25, 0.3) is 0 Å². The predicted molar refractivity (Wildman–Crippen MR) is 93.5 cm³/mol. The highest BCUT2D eigenvalue weighted by atomic mass is 32.2. The van der Waals surface area contributed by atoms with Gasteiger partial charge in [0, 0.05) is 11.8 Å². The van der Waals surface area contributed by atoms with Crippen LogP contribution in [0.5, 0.6) is 0 Å². The van der Waals surface area contributed by atoms with Gasteiger partial charge < -0.3 is 10.6 Å². The minimum atomic E-state index is -3.07. The third-order valence-corrected chi connectivity index (χ3v) is 7.41. The molecule has 2 amide bonds. The van der Waals surface area contributed by atoms with E-state index in [-0.39, 0.29) is 35.6 Å². The first kappa shape index (κ1) is 18.2. The minimum Gasteiger partial charge on any atom is -0.351 e. The molecule has 1 aromatic carbocycles. The number of sulfone groups is 1. The van der Waals surface area contributed by atoms with Crippen LogP contribution in [0, 0.1) is 5.82 Å². The van der Waals surface area contributed by atoms with Gasteiger partial charge >= 0.3 is 0 Å². The number of carbonyl (C=O) groups is 2. The molecule has 6 nitrogen and oxygen atoms in total. The Morgan fingerprint density at radius 3 is 2.76 bits per heavy atom. The van der Waals surface area contributed by atoms with E-state index in [9.17, 15) is 22.4 Å². The van der Waals surface area contributed by atoms with Crippen LogP contribution in [0.2, 0.25) is 0 Å². The molecule has 1 aromatic rings. The van der Waals surface area contributed by atoms with E-state index in [0.717, 1.165) is 0 Å². The Kier molecular flexibility index (Phi) is 5.33. The molecule has 136 valence electrons. The van der Waals surface area contributed by atoms with Crippen LogP contribution in [-0.4, -0.2) is 54.8 Å². The molecule has 2 heterocycles. The zero-order chi connectivity index (χ0) is 18.0. The highest BCUT2D eigenvalue weighted by Gasteiger charge is 2.35. The topological polar surface area (TPSA) is 92.3 Å². The summed E-state index contributed by atoms with van der Waals surface area (Å²) in [6.45, 7) is 0. The summed E-state index contributed by atoms with van der Waals surface area (Å²) in [5.74, 6) is -0.628. The van der Waals surface area contributed by atoms with Gasteiger partial charge in [-0.1, -0.05) is 18.2 Å². The van der Waals surface area contributed by atoms with Gasteiger partial charge in [-0.05, 0) is 24.5 Å². The molecule has 0 radical (unpaired) electrons. The van der Waals surface area contributed by atoms with Crippen LogP contribution in [-0.2, 0) is 25.8 Å². The van der Waals surface area contributed by atoms with Gasteiger partial charge in [-0.2, -0.15) is 0 Å². The summed E-state index contributed by atoms with van der Waals surface area (Å²) < 4.78 is 36.6. The van der Waals surface area contributed by atoms with Crippen molar-refractivity contribution in [1.82, 2.24) is 10.6 Å². The molecule has 0 aromatic heterocycles. The summed E-state index contributed by atoms with van der Waals surface area (Å²) in [7, 11) is -3.07. The van der Waals surface area contributed by atoms with Gasteiger partial charge in [0.15, 0.2) is 9.84 Å². The third kappa shape index (κ3) is 4.52. The second kappa shape index (κ2) is 7.33. The van der Waals surface area contributed by atoms with E-state index >= 15 is 0 Å². The fourth-order valence-electron chi connectivity index (χ4n) is 2.96. The van der Waals surface area contributed by atoms with E-state index in [1.807, 2.05) is 0 Å². The molecule has 0 saturated carbocycles. The number of halogens is 1. The maximum absolute atomic E-state index is 13.7. The zero-order valence-electron chi connectivity index (χ0n) is 13.4. The van der Waals surface area contributed by atoms with Crippen molar-refractivity contribution in [2.45, 2.75) is 30.2 Å². The van der Waals surface area contributed by atoms with Gasteiger partial charge in [0.05, 0.1) is 16.8 Å². The first-order valence-electron chi connectivity index (χ1n) is 8.00. The van der Waals surface area contributed by atoms with Crippen molar-refractivity contribution >= 4 is 33.4 Å². The lowest BCUT2D eigenvalue weighted by Crippen LogP contribution is -2.56. The monoisotopic (exact) mass is 386 g/mol. The maximum Gasteiger partial charge on any atom is 0.243 e. The Hall–Kier alpha value is -1.61. The Morgan fingerprint density at radius 1 is 1.36 bits per heavy atom. The molecule has 2 aliphatic heterocycles. The molecule has 0 spiro atoms. The quantitative estimate of drug-likeness (QED) is 0.775. The average Bonchev–Trinajstić information content (AvgIpc) is 2.90. The molecule has 2 N–H and O–H groups in total. The van der Waals surface area contributed by atoms with Gasteiger partial charge in [-0.15, -0.1) is 11.8 Å². The normalized spacial score (nSPS) is 28.4. The average molecular weight is 386 g/mol. The molecule has 0 aliphatic carbocycles. The van der Waals surface area contributed by atoms with E-state index < -0.39 is 27.2 Å². The summed E-state index contributed by atoms with van der Waals surface area (Å²) in [5, 5.41) is 4.90. The number of benzene rings is 1. The van der Waals surface area contributed by atoms with Gasteiger partial charge in [-0.3, -0.25) is 9.59 Å². The van der Waals surface area contributed by atoms with Gasteiger partial charge in [0.2, 0.25) is 11.8 Å². The summed E-state index contributed by atoms with van der Waals surface area (Å²) in [6.07, 6.45) is 0.663. The molecule has 3 atom stereocenters. The lowest BCUT2D eigenvalue weighted by molar-refractivity contribution is -0.128. The van der Waals surface area contributed by atoms with Crippen LogP contribution in [0.4, 0.5) is 4.39 Å². The molecule has 3 rings (SSSR count). The molecular formula is C16H19FN2O4S2.